The largest absolute Gasteiger partial charge is 0.508 e. The van der Waals surface area contributed by atoms with Crippen LogP contribution in [0.4, 0.5) is 0 Å². The van der Waals surface area contributed by atoms with Gasteiger partial charge in [0.05, 0.1) is 11.1 Å². The minimum atomic E-state index is -1.09. The summed E-state index contributed by atoms with van der Waals surface area (Å²) in [6.07, 6.45) is 1.65. The molecule has 27 heavy (non-hydrogen) atoms. The molecule has 0 amide bonds. The number of esters is 1. The number of aromatic hydroxyl groups is 1. The summed E-state index contributed by atoms with van der Waals surface area (Å²) in [6.45, 7) is 0. The first kappa shape index (κ1) is 18.2. The highest BCUT2D eigenvalue weighted by atomic mass is 16.5. The van der Waals surface area contributed by atoms with Crippen LogP contribution in [0.2, 0.25) is 0 Å². The van der Waals surface area contributed by atoms with Gasteiger partial charge >= 0.3 is 11.9 Å². The molecule has 0 saturated heterocycles. The molecular weight excluding hydrogens is 344 g/mol. The summed E-state index contributed by atoms with van der Waals surface area (Å²) in [5.41, 5.74) is 2.44. The number of hydrogen-bond donors (Lipinski definition) is 2. The summed E-state index contributed by atoms with van der Waals surface area (Å²) < 4.78 is 5.31. The fourth-order valence-electron chi connectivity index (χ4n) is 2.62. The van der Waals surface area contributed by atoms with E-state index < -0.39 is 11.9 Å². The lowest BCUT2D eigenvalue weighted by Gasteiger charge is -2.07. The molecule has 0 radical (unpaired) electrons. The Morgan fingerprint density at radius 3 is 1.93 bits per heavy atom. The maximum atomic E-state index is 12.2. The Morgan fingerprint density at radius 1 is 0.778 bits per heavy atom. The third kappa shape index (κ3) is 4.95. The van der Waals surface area contributed by atoms with Crippen LogP contribution in [-0.2, 0) is 12.8 Å². The highest BCUT2D eigenvalue weighted by Gasteiger charge is 2.11. The first-order valence-corrected chi connectivity index (χ1v) is 8.43. The van der Waals surface area contributed by atoms with E-state index in [0.29, 0.717) is 5.75 Å². The van der Waals surface area contributed by atoms with E-state index in [2.05, 4.69) is 0 Å². The number of phenolic OH excluding ortho intramolecular Hbond substituents is 1. The van der Waals surface area contributed by atoms with Crippen molar-refractivity contribution in [3.63, 3.8) is 0 Å². The molecule has 0 aromatic heterocycles. The lowest BCUT2D eigenvalue weighted by molar-refractivity contribution is 0.0697. The highest BCUT2D eigenvalue weighted by molar-refractivity contribution is 5.95. The van der Waals surface area contributed by atoms with Crippen LogP contribution in [0.5, 0.6) is 11.5 Å². The smallest absolute Gasteiger partial charge is 0.343 e. The van der Waals surface area contributed by atoms with Gasteiger partial charge in [-0.3, -0.25) is 0 Å². The molecule has 3 aromatic carbocycles. The van der Waals surface area contributed by atoms with Crippen molar-refractivity contribution in [2.24, 2.45) is 0 Å². The van der Waals surface area contributed by atoms with Crippen LogP contribution in [0.15, 0.2) is 72.8 Å². The first-order chi connectivity index (χ1) is 13.0. The number of carbonyl (C=O) groups is 2. The molecule has 0 bridgehead atoms. The Labute approximate surface area is 156 Å². The van der Waals surface area contributed by atoms with Crippen molar-refractivity contribution in [3.8, 4) is 11.5 Å². The topological polar surface area (TPSA) is 83.8 Å². The zero-order valence-electron chi connectivity index (χ0n) is 14.5. The maximum Gasteiger partial charge on any atom is 0.343 e. The van der Waals surface area contributed by atoms with Gasteiger partial charge < -0.3 is 14.9 Å². The third-order valence-corrected chi connectivity index (χ3v) is 4.12. The number of carboxylic acids is 1. The van der Waals surface area contributed by atoms with E-state index >= 15 is 0 Å². The summed E-state index contributed by atoms with van der Waals surface area (Å²) >= 11 is 0. The molecule has 0 saturated carbocycles. The van der Waals surface area contributed by atoms with Gasteiger partial charge in [0.1, 0.15) is 11.5 Å². The maximum absolute atomic E-state index is 12.2. The van der Waals surface area contributed by atoms with Crippen molar-refractivity contribution in [3.05, 3.63) is 95.1 Å². The minimum Gasteiger partial charge on any atom is -0.508 e. The van der Waals surface area contributed by atoms with Gasteiger partial charge in [0.2, 0.25) is 0 Å². The van der Waals surface area contributed by atoms with Gasteiger partial charge in [-0.25, -0.2) is 9.59 Å². The molecule has 5 heteroatoms. The van der Waals surface area contributed by atoms with E-state index in [1.807, 2.05) is 24.3 Å². The second-order valence-electron chi connectivity index (χ2n) is 6.09. The molecule has 0 aliphatic rings. The lowest BCUT2D eigenvalue weighted by Crippen LogP contribution is -2.09. The number of benzene rings is 3. The molecule has 0 spiro atoms. The predicted octanol–water partition coefficient (Wildman–Crippen LogP) is 4.09. The number of carbonyl (C=O) groups excluding carboxylic acids is 1. The average Bonchev–Trinajstić information content (AvgIpc) is 2.68. The first-order valence-electron chi connectivity index (χ1n) is 8.43. The van der Waals surface area contributed by atoms with Crippen molar-refractivity contribution in [1.82, 2.24) is 0 Å². The monoisotopic (exact) mass is 362 g/mol. The van der Waals surface area contributed by atoms with Crippen molar-refractivity contribution in [1.29, 1.82) is 0 Å². The number of hydrogen-bond acceptors (Lipinski definition) is 4. The van der Waals surface area contributed by atoms with Crippen LogP contribution >= 0.6 is 0 Å². The van der Waals surface area contributed by atoms with E-state index in [1.54, 1.807) is 24.3 Å². The van der Waals surface area contributed by atoms with Crippen molar-refractivity contribution >= 4 is 11.9 Å². The number of ether oxygens (including phenoxy) is 1. The molecule has 2 N–H and O–H groups in total. The predicted molar refractivity (Wildman–Crippen MR) is 100 cm³/mol. The second-order valence-corrected chi connectivity index (χ2v) is 6.09. The Balaban J connectivity index is 1.60. The van der Waals surface area contributed by atoms with Gasteiger partial charge in [-0.2, -0.15) is 0 Å². The Hall–Kier alpha value is -3.60. The van der Waals surface area contributed by atoms with E-state index in [9.17, 15) is 14.7 Å². The van der Waals surface area contributed by atoms with E-state index in [0.717, 1.165) is 24.0 Å². The SMILES string of the molecule is O=C(O)c1cccc(C(=O)Oc2ccc(CCc3ccc(O)cc3)cc2)c1. The average molecular weight is 362 g/mol. The number of rotatable bonds is 6. The van der Waals surface area contributed by atoms with Crippen LogP contribution in [-0.4, -0.2) is 22.2 Å². The molecule has 3 rings (SSSR count). The third-order valence-electron chi connectivity index (χ3n) is 4.12. The molecule has 0 aliphatic heterocycles. The summed E-state index contributed by atoms with van der Waals surface area (Å²) in [4.78, 5) is 23.2. The molecule has 136 valence electrons. The Kier molecular flexibility index (Phi) is 5.52. The van der Waals surface area contributed by atoms with Crippen molar-refractivity contribution in [2.45, 2.75) is 12.8 Å². The fraction of sp³-hybridized carbons (Fsp3) is 0.0909. The van der Waals surface area contributed by atoms with Crippen LogP contribution in [0.1, 0.15) is 31.8 Å². The van der Waals surface area contributed by atoms with E-state index in [1.165, 1.54) is 24.3 Å². The van der Waals surface area contributed by atoms with Crippen LogP contribution in [0.25, 0.3) is 0 Å². The fourth-order valence-corrected chi connectivity index (χ4v) is 2.62. The quantitative estimate of drug-likeness (QED) is 0.510. The van der Waals surface area contributed by atoms with Gasteiger partial charge in [0, 0.05) is 0 Å². The van der Waals surface area contributed by atoms with Crippen LogP contribution in [0, 0.1) is 0 Å². The zero-order chi connectivity index (χ0) is 19.2. The van der Waals surface area contributed by atoms with Crippen molar-refractivity contribution < 1.29 is 24.5 Å². The van der Waals surface area contributed by atoms with Crippen LogP contribution < -0.4 is 4.74 Å². The molecular formula is C22H18O5. The van der Waals surface area contributed by atoms with Crippen LogP contribution in [0.3, 0.4) is 0 Å². The normalized spacial score (nSPS) is 10.4. The number of aromatic carboxylic acids is 1. The van der Waals surface area contributed by atoms with E-state index in [-0.39, 0.29) is 16.9 Å². The zero-order valence-corrected chi connectivity index (χ0v) is 14.5. The standard InChI is InChI=1S/C22H18O5/c23-19-10-6-15(7-11-19)4-5-16-8-12-20(13-9-16)27-22(26)18-3-1-2-17(14-18)21(24)25/h1-3,6-14,23H,4-5H2,(H,24,25). The minimum absolute atomic E-state index is 0.0361. The lowest BCUT2D eigenvalue weighted by atomic mass is 10.0. The number of carboxylic acid groups (broad SMARTS) is 1. The Bertz CT molecular complexity index is 943. The van der Waals surface area contributed by atoms with Gasteiger partial charge in [0.15, 0.2) is 0 Å². The van der Waals surface area contributed by atoms with Gasteiger partial charge in [-0.1, -0.05) is 30.3 Å². The summed E-state index contributed by atoms with van der Waals surface area (Å²) in [7, 11) is 0. The molecule has 3 aromatic rings. The summed E-state index contributed by atoms with van der Waals surface area (Å²) in [5, 5.41) is 18.3. The van der Waals surface area contributed by atoms with E-state index in [4.69, 9.17) is 9.84 Å². The van der Waals surface area contributed by atoms with Gasteiger partial charge in [-0.15, -0.1) is 0 Å². The van der Waals surface area contributed by atoms with Crippen molar-refractivity contribution in [2.75, 3.05) is 0 Å². The number of phenols is 1. The molecule has 0 atom stereocenters. The molecule has 5 nitrogen and oxygen atoms in total. The van der Waals surface area contributed by atoms with Gasteiger partial charge in [-0.05, 0) is 66.4 Å². The molecule has 0 aliphatic carbocycles. The summed E-state index contributed by atoms with van der Waals surface area (Å²) in [6, 6.07) is 20.0. The Morgan fingerprint density at radius 2 is 1.33 bits per heavy atom. The molecule has 0 unspecified atom stereocenters. The summed E-state index contributed by atoms with van der Waals surface area (Å²) in [5.74, 6) is -1.05. The highest BCUT2D eigenvalue weighted by Crippen LogP contribution is 2.17. The second kappa shape index (κ2) is 8.19. The molecule has 0 fully saturated rings. The molecule has 0 heterocycles. The number of aryl methyl sites for hydroxylation is 2. The van der Waals surface area contributed by atoms with Gasteiger partial charge in [0.25, 0.3) is 0 Å².